The van der Waals surface area contributed by atoms with E-state index in [9.17, 15) is 8.42 Å². The normalized spacial score (nSPS) is 10.9. The monoisotopic (exact) mass is 233 g/mol. The van der Waals surface area contributed by atoms with Crippen LogP contribution < -0.4 is 10.5 Å². The fourth-order valence-electron chi connectivity index (χ4n) is 0.657. The van der Waals surface area contributed by atoms with E-state index in [1.54, 1.807) is 0 Å². The molecule has 0 bridgehead atoms. The lowest BCUT2D eigenvalue weighted by molar-refractivity contribution is 0.604. The first-order chi connectivity index (χ1) is 6.49. The second-order valence-corrected chi connectivity index (χ2v) is 4.54. The van der Waals surface area contributed by atoms with E-state index in [-0.39, 0.29) is 10.9 Å². The van der Waals surface area contributed by atoms with E-state index in [1.165, 1.54) is 12.4 Å². The second kappa shape index (κ2) is 4.24. The van der Waals surface area contributed by atoms with Crippen molar-refractivity contribution in [1.82, 2.24) is 15.2 Å². The van der Waals surface area contributed by atoms with Crippen molar-refractivity contribution in [1.29, 1.82) is 0 Å². The Labute approximate surface area is 85.8 Å². The summed E-state index contributed by atoms with van der Waals surface area (Å²) in [6.07, 6.45) is 2.64. The van der Waals surface area contributed by atoms with Gasteiger partial charge in [0.15, 0.2) is 0 Å². The predicted octanol–water partition coefficient (Wildman–Crippen LogP) is -1.10. The first-order valence-corrected chi connectivity index (χ1v) is 5.48. The van der Waals surface area contributed by atoms with Crippen LogP contribution in [0.5, 0.6) is 0 Å². The molecule has 0 saturated heterocycles. The van der Waals surface area contributed by atoms with Gasteiger partial charge in [-0.1, -0.05) is 12.2 Å². The Balaban J connectivity index is 2.74. The molecule has 0 spiro atoms. The summed E-state index contributed by atoms with van der Waals surface area (Å²) in [7, 11) is -3.62. The van der Waals surface area contributed by atoms with Gasteiger partial charge in [0.05, 0.1) is 17.4 Å². The molecule has 1 heterocycles. The SMILES string of the molecule is NC(=S)CS(=O)(=O)Nc1nccnn1. The van der Waals surface area contributed by atoms with E-state index in [4.69, 9.17) is 5.73 Å². The molecule has 76 valence electrons. The van der Waals surface area contributed by atoms with Crippen LogP contribution >= 0.6 is 12.2 Å². The van der Waals surface area contributed by atoms with Crippen molar-refractivity contribution in [3.8, 4) is 0 Å². The first kappa shape index (κ1) is 10.7. The molecule has 0 aliphatic heterocycles. The molecular formula is C5H7N5O2S2. The van der Waals surface area contributed by atoms with Gasteiger partial charge in [0, 0.05) is 0 Å². The number of aromatic nitrogens is 3. The molecule has 0 atom stereocenters. The predicted molar refractivity (Wildman–Crippen MR) is 54.0 cm³/mol. The van der Waals surface area contributed by atoms with Gasteiger partial charge in [-0.15, -0.1) is 5.10 Å². The molecule has 0 unspecified atom stereocenters. The summed E-state index contributed by atoms with van der Waals surface area (Å²) in [4.78, 5) is 3.50. The molecule has 0 saturated carbocycles. The third-order valence-corrected chi connectivity index (χ3v) is 2.57. The number of nitrogens with one attached hydrogen (secondary N) is 1. The van der Waals surface area contributed by atoms with E-state index in [0.717, 1.165) is 0 Å². The van der Waals surface area contributed by atoms with E-state index in [2.05, 4.69) is 32.1 Å². The third kappa shape index (κ3) is 3.58. The van der Waals surface area contributed by atoms with Crippen LogP contribution in [-0.4, -0.2) is 34.3 Å². The number of nitrogens with two attached hydrogens (primary N) is 1. The highest BCUT2D eigenvalue weighted by molar-refractivity contribution is 7.95. The Morgan fingerprint density at radius 1 is 1.57 bits per heavy atom. The minimum Gasteiger partial charge on any atom is -0.392 e. The largest absolute Gasteiger partial charge is 0.392 e. The second-order valence-electron chi connectivity index (χ2n) is 2.29. The Morgan fingerprint density at radius 3 is 2.79 bits per heavy atom. The van der Waals surface area contributed by atoms with Crippen LogP contribution in [0.4, 0.5) is 5.95 Å². The van der Waals surface area contributed by atoms with Crippen LogP contribution in [0.3, 0.4) is 0 Å². The van der Waals surface area contributed by atoms with Gasteiger partial charge in [-0.25, -0.2) is 18.1 Å². The molecule has 1 rings (SSSR count). The topological polar surface area (TPSA) is 111 Å². The van der Waals surface area contributed by atoms with E-state index in [0.29, 0.717) is 0 Å². The van der Waals surface area contributed by atoms with Crippen molar-refractivity contribution in [2.45, 2.75) is 0 Å². The van der Waals surface area contributed by atoms with Crippen LogP contribution in [0.2, 0.25) is 0 Å². The van der Waals surface area contributed by atoms with Crippen LogP contribution in [-0.2, 0) is 10.0 Å². The zero-order chi connectivity index (χ0) is 10.6. The lowest BCUT2D eigenvalue weighted by Gasteiger charge is -2.03. The number of nitrogens with zero attached hydrogens (tertiary/aromatic N) is 3. The molecule has 0 aliphatic rings. The molecule has 1 aromatic rings. The summed E-state index contributed by atoms with van der Waals surface area (Å²) < 4.78 is 24.5. The summed E-state index contributed by atoms with van der Waals surface area (Å²) in [6.45, 7) is 0. The van der Waals surface area contributed by atoms with Gasteiger partial charge in [-0.05, 0) is 0 Å². The molecule has 0 fully saturated rings. The van der Waals surface area contributed by atoms with Gasteiger partial charge in [-0.3, -0.25) is 0 Å². The Morgan fingerprint density at radius 2 is 2.29 bits per heavy atom. The quantitative estimate of drug-likeness (QED) is 0.635. The summed E-state index contributed by atoms with van der Waals surface area (Å²) in [5, 5.41) is 6.88. The standard InChI is InChI=1S/C5H7N5O2S2/c6-4(13)3-14(11,12)10-5-7-1-2-8-9-5/h1-2H,3H2,(H2,6,13)(H,7,9,10). The number of anilines is 1. The smallest absolute Gasteiger partial charge is 0.256 e. The summed E-state index contributed by atoms with van der Waals surface area (Å²) in [5.74, 6) is -0.552. The molecule has 9 heteroatoms. The fourth-order valence-corrected chi connectivity index (χ4v) is 1.94. The molecule has 14 heavy (non-hydrogen) atoms. The molecule has 7 nitrogen and oxygen atoms in total. The molecule has 0 aromatic carbocycles. The molecular weight excluding hydrogens is 226 g/mol. The summed E-state index contributed by atoms with van der Waals surface area (Å²) in [6, 6.07) is 0. The van der Waals surface area contributed by atoms with Crippen molar-refractivity contribution in [2.24, 2.45) is 5.73 Å². The number of rotatable bonds is 4. The highest BCUT2D eigenvalue weighted by Gasteiger charge is 2.13. The molecule has 3 N–H and O–H groups in total. The van der Waals surface area contributed by atoms with Crippen molar-refractivity contribution < 1.29 is 8.42 Å². The fraction of sp³-hybridized carbons (Fsp3) is 0.200. The summed E-state index contributed by atoms with van der Waals surface area (Å²) >= 11 is 4.46. The van der Waals surface area contributed by atoms with Gasteiger partial charge in [0.25, 0.3) is 5.95 Å². The lowest BCUT2D eigenvalue weighted by Crippen LogP contribution is -2.27. The minimum absolute atomic E-state index is 0.108. The maximum atomic E-state index is 11.2. The van der Waals surface area contributed by atoms with Crippen molar-refractivity contribution in [2.75, 3.05) is 10.5 Å². The number of thiocarbonyl (C=S) groups is 1. The Kier molecular flexibility index (Phi) is 3.25. The minimum atomic E-state index is -3.62. The Bertz CT molecular complexity index is 417. The van der Waals surface area contributed by atoms with Crippen molar-refractivity contribution in [3.05, 3.63) is 12.4 Å². The highest BCUT2D eigenvalue weighted by Crippen LogP contribution is 1.97. The number of hydrogen-bond acceptors (Lipinski definition) is 6. The first-order valence-electron chi connectivity index (χ1n) is 3.42. The number of sulfonamides is 1. The number of hydrogen-bond donors (Lipinski definition) is 2. The van der Waals surface area contributed by atoms with Gasteiger partial charge in [-0.2, -0.15) is 5.10 Å². The maximum Gasteiger partial charge on any atom is 0.256 e. The zero-order valence-electron chi connectivity index (χ0n) is 6.91. The van der Waals surface area contributed by atoms with E-state index < -0.39 is 15.8 Å². The molecule has 1 aromatic heterocycles. The van der Waals surface area contributed by atoms with Gasteiger partial charge in [0.2, 0.25) is 10.0 Å². The van der Waals surface area contributed by atoms with Gasteiger partial charge >= 0.3 is 0 Å². The van der Waals surface area contributed by atoms with Crippen LogP contribution in [0.1, 0.15) is 0 Å². The van der Waals surface area contributed by atoms with Crippen LogP contribution in [0.25, 0.3) is 0 Å². The van der Waals surface area contributed by atoms with Crippen LogP contribution in [0, 0.1) is 0 Å². The summed E-state index contributed by atoms with van der Waals surface area (Å²) in [5.41, 5.74) is 5.09. The molecule has 0 amide bonds. The lowest BCUT2D eigenvalue weighted by atomic mass is 10.8. The average Bonchev–Trinajstić information content (AvgIpc) is 2.02. The van der Waals surface area contributed by atoms with E-state index >= 15 is 0 Å². The van der Waals surface area contributed by atoms with Crippen molar-refractivity contribution >= 4 is 33.2 Å². The molecule has 0 radical (unpaired) electrons. The average molecular weight is 233 g/mol. The molecule has 0 aliphatic carbocycles. The van der Waals surface area contributed by atoms with Crippen LogP contribution in [0.15, 0.2) is 12.4 Å². The van der Waals surface area contributed by atoms with E-state index in [1.807, 2.05) is 0 Å². The van der Waals surface area contributed by atoms with Gasteiger partial charge in [0.1, 0.15) is 5.75 Å². The van der Waals surface area contributed by atoms with Crippen molar-refractivity contribution in [3.63, 3.8) is 0 Å². The zero-order valence-corrected chi connectivity index (χ0v) is 8.55. The Hall–Kier alpha value is -1.35. The maximum absolute atomic E-state index is 11.2. The third-order valence-electron chi connectivity index (χ3n) is 1.06. The van der Waals surface area contributed by atoms with Gasteiger partial charge < -0.3 is 5.73 Å². The highest BCUT2D eigenvalue weighted by atomic mass is 32.2.